The number of ketones is 1. The zero-order valence-corrected chi connectivity index (χ0v) is 10.8. The van der Waals surface area contributed by atoms with Crippen molar-refractivity contribution < 1.29 is 24.9 Å². The number of rotatable bonds is 4. The number of hydrogen-bond acceptors (Lipinski definition) is 5. The summed E-state index contributed by atoms with van der Waals surface area (Å²) in [5.41, 5.74) is 0.784. The van der Waals surface area contributed by atoms with Crippen LogP contribution in [0.4, 0.5) is 0 Å². The fourth-order valence-corrected chi connectivity index (χ4v) is 1.87. The van der Waals surface area contributed by atoms with Crippen LogP contribution in [0.25, 0.3) is 0 Å². The highest BCUT2D eigenvalue weighted by atomic mass is 16.5. The number of carbonyl (C=O) groups is 1. The third-order valence-electron chi connectivity index (χ3n) is 2.89. The summed E-state index contributed by atoms with van der Waals surface area (Å²) in [6, 6.07) is 8.43. The van der Waals surface area contributed by atoms with E-state index in [-0.39, 0.29) is 40.8 Å². The van der Waals surface area contributed by atoms with Crippen molar-refractivity contribution >= 4 is 5.78 Å². The average Bonchev–Trinajstić information content (AvgIpc) is 2.40. The Labute approximate surface area is 115 Å². The van der Waals surface area contributed by atoms with E-state index >= 15 is 0 Å². The normalized spacial score (nSPS) is 10.2. The molecule has 2 aromatic rings. The zero-order chi connectivity index (χ0) is 14.7. The molecule has 0 fully saturated rings. The van der Waals surface area contributed by atoms with Gasteiger partial charge in [0.25, 0.3) is 0 Å². The number of phenolic OH excluding ortho intramolecular Hbond substituents is 3. The Balaban J connectivity index is 2.23. The number of carbonyl (C=O) groups excluding carboxylic acids is 1. The molecular formula is C15H14O5. The first-order valence-electron chi connectivity index (χ1n) is 5.92. The first-order chi connectivity index (χ1) is 9.51. The fraction of sp³-hybridized carbons (Fsp3) is 0.133. The van der Waals surface area contributed by atoms with E-state index in [0.717, 1.165) is 6.07 Å². The predicted octanol–water partition coefficient (Wildman–Crippen LogP) is 2.24. The van der Waals surface area contributed by atoms with Crippen LogP contribution in [-0.2, 0) is 6.42 Å². The number of Topliss-reactive ketones (excluding diaryl/α,β-unsaturated/α-hetero) is 1. The van der Waals surface area contributed by atoms with Crippen LogP contribution in [0.3, 0.4) is 0 Å². The number of aromatic hydroxyl groups is 3. The molecule has 0 amide bonds. The molecule has 0 saturated carbocycles. The second-order valence-electron chi connectivity index (χ2n) is 4.31. The van der Waals surface area contributed by atoms with Gasteiger partial charge >= 0.3 is 0 Å². The van der Waals surface area contributed by atoms with Crippen LogP contribution in [0, 0.1) is 0 Å². The van der Waals surface area contributed by atoms with Crippen LogP contribution >= 0.6 is 0 Å². The summed E-state index contributed by atoms with van der Waals surface area (Å²) < 4.78 is 4.97. The highest BCUT2D eigenvalue weighted by Gasteiger charge is 2.13. The van der Waals surface area contributed by atoms with Crippen molar-refractivity contribution in [2.45, 2.75) is 6.42 Å². The van der Waals surface area contributed by atoms with Gasteiger partial charge in [0.05, 0.1) is 12.7 Å². The molecule has 0 atom stereocenters. The van der Waals surface area contributed by atoms with Gasteiger partial charge in [-0.1, -0.05) is 6.07 Å². The summed E-state index contributed by atoms with van der Waals surface area (Å²) >= 11 is 0. The lowest BCUT2D eigenvalue weighted by molar-refractivity contribution is 0.0990. The number of phenols is 3. The van der Waals surface area contributed by atoms with Crippen LogP contribution in [0.15, 0.2) is 36.4 Å². The summed E-state index contributed by atoms with van der Waals surface area (Å²) in [6.45, 7) is 0. The van der Waals surface area contributed by atoms with E-state index < -0.39 is 0 Å². The molecule has 0 spiro atoms. The van der Waals surface area contributed by atoms with Crippen molar-refractivity contribution in [1.29, 1.82) is 0 Å². The van der Waals surface area contributed by atoms with E-state index in [1.54, 1.807) is 12.1 Å². The molecule has 0 unspecified atom stereocenters. The lowest BCUT2D eigenvalue weighted by atomic mass is 10.0. The topological polar surface area (TPSA) is 87.0 Å². The predicted molar refractivity (Wildman–Crippen MR) is 72.5 cm³/mol. The van der Waals surface area contributed by atoms with E-state index in [1.165, 1.54) is 25.3 Å². The number of benzene rings is 2. The number of methoxy groups -OCH3 is 1. The molecule has 0 aliphatic heterocycles. The molecule has 0 heterocycles. The molecule has 3 N–H and O–H groups in total. The van der Waals surface area contributed by atoms with Gasteiger partial charge < -0.3 is 20.1 Å². The number of hydrogen-bond donors (Lipinski definition) is 3. The van der Waals surface area contributed by atoms with Gasteiger partial charge in [-0.2, -0.15) is 0 Å². The van der Waals surface area contributed by atoms with E-state index in [9.17, 15) is 20.1 Å². The molecule has 0 saturated heterocycles. The Hall–Kier alpha value is -2.69. The van der Waals surface area contributed by atoms with Gasteiger partial charge in [-0.05, 0) is 29.8 Å². The maximum absolute atomic E-state index is 12.1. The second-order valence-corrected chi connectivity index (χ2v) is 4.31. The third-order valence-corrected chi connectivity index (χ3v) is 2.89. The minimum absolute atomic E-state index is 0.00354. The van der Waals surface area contributed by atoms with Gasteiger partial charge in [0.2, 0.25) is 0 Å². The monoisotopic (exact) mass is 274 g/mol. The van der Waals surface area contributed by atoms with Crippen LogP contribution in [-0.4, -0.2) is 28.2 Å². The van der Waals surface area contributed by atoms with Crippen molar-refractivity contribution in [2.75, 3.05) is 7.11 Å². The first kappa shape index (κ1) is 13.7. The molecule has 0 aliphatic rings. The maximum Gasteiger partial charge on any atom is 0.170 e. The highest BCUT2D eigenvalue weighted by Crippen LogP contribution is 2.28. The standard InChI is InChI=1S/C15H14O5/c1-20-15-7-9(2-5-12(15)17)6-13(18)11-4-3-10(16)8-14(11)19/h2-5,7-8,16-17,19H,6H2,1H3. The van der Waals surface area contributed by atoms with Crippen LogP contribution in [0.2, 0.25) is 0 Å². The highest BCUT2D eigenvalue weighted by molar-refractivity contribution is 6.00. The van der Waals surface area contributed by atoms with Crippen LogP contribution < -0.4 is 4.74 Å². The second kappa shape index (κ2) is 5.52. The Bertz CT molecular complexity index is 649. The average molecular weight is 274 g/mol. The Morgan fingerprint density at radius 3 is 2.45 bits per heavy atom. The largest absolute Gasteiger partial charge is 0.508 e. The van der Waals surface area contributed by atoms with Crippen molar-refractivity contribution in [3.05, 3.63) is 47.5 Å². The summed E-state index contributed by atoms with van der Waals surface area (Å²) in [5.74, 6) is -0.386. The fourth-order valence-electron chi connectivity index (χ4n) is 1.87. The van der Waals surface area contributed by atoms with E-state index in [0.29, 0.717) is 5.56 Å². The first-order valence-corrected chi connectivity index (χ1v) is 5.92. The molecule has 0 radical (unpaired) electrons. The van der Waals surface area contributed by atoms with E-state index in [2.05, 4.69) is 0 Å². The van der Waals surface area contributed by atoms with Crippen LogP contribution in [0.5, 0.6) is 23.0 Å². The minimum atomic E-state index is -0.296. The van der Waals surface area contributed by atoms with Crippen molar-refractivity contribution in [3.63, 3.8) is 0 Å². The van der Waals surface area contributed by atoms with Crippen LogP contribution in [0.1, 0.15) is 15.9 Å². The maximum atomic E-state index is 12.1. The summed E-state index contributed by atoms with van der Waals surface area (Å²) in [5, 5.41) is 28.3. The molecule has 0 aliphatic carbocycles. The molecule has 104 valence electrons. The van der Waals surface area contributed by atoms with Crippen molar-refractivity contribution in [2.24, 2.45) is 0 Å². The van der Waals surface area contributed by atoms with Crippen molar-refractivity contribution in [3.8, 4) is 23.0 Å². The number of ether oxygens (including phenoxy) is 1. The van der Waals surface area contributed by atoms with Gasteiger partial charge in [-0.25, -0.2) is 0 Å². The molecule has 2 rings (SSSR count). The lowest BCUT2D eigenvalue weighted by Crippen LogP contribution is -2.04. The lowest BCUT2D eigenvalue weighted by Gasteiger charge is -2.07. The van der Waals surface area contributed by atoms with Crippen molar-refractivity contribution in [1.82, 2.24) is 0 Å². The van der Waals surface area contributed by atoms with E-state index in [1.807, 2.05) is 0 Å². The van der Waals surface area contributed by atoms with Gasteiger partial charge in [0, 0.05) is 12.5 Å². The quantitative estimate of drug-likeness (QED) is 0.744. The SMILES string of the molecule is COc1cc(CC(=O)c2ccc(O)cc2O)ccc1O. The molecule has 5 heteroatoms. The summed E-state index contributed by atoms with van der Waals surface area (Å²) in [6.07, 6.45) is 0.0506. The smallest absolute Gasteiger partial charge is 0.170 e. The molecule has 5 nitrogen and oxygen atoms in total. The molecule has 2 aromatic carbocycles. The third kappa shape index (κ3) is 2.83. The summed E-state index contributed by atoms with van der Waals surface area (Å²) in [4.78, 5) is 12.1. The minimum Gasteiger partial charge on any atom is -0.508 e. The molecular weight excluding hydrogens is 260 g/mol. The van der Waals surface area contributed by atoms with Gasteiger partial charge in [0.15, 0.2) is 17.3 Å². The Morgan fingerprint density at radius 1 is 1.05 bits per heavy atom. The molecule has 20 heavy (non-hydrogen) atoms. The molecule has 0 aromatic heterocycles. The molecule has 0 bridgehead atoms. The Morgan fingerprint density at radius 2 is 1.80 bits per heavy atom. The van der Waals surface area contributed by atoms with Gasteiger partial charge in [-0.15, -0.1) is 0 Å². The van der Waals surface area contributed by atoms with Gasteiger partial charge in [0.1, 0.15) is 11.5 Å². The Kier molecular flexibility index (Phi) is 3.79. The summed E-state index contributed by atoms with van der Waals surface area (Å²) in [7, 11) is 1.42. The van der Waals surface area contributed by atoms with E-state index in [4.69, 9.17) is 4.74 Å². The zero-order valence-electron chi connectivity index (χ0n) is 10.8. The van der Waals surface area contributed by atoms with Gasteiger partial charge in [-0.3, -0.25) is 4.79 Å².